The number of rotatable bonds is 1. The van der Waals surface area contributed by atoms with Gasteiger partial charge in [0.2, 0.25) is 11.6 Å². The van der Waals surface area contributed by atoms with Gasteiger partial charge in [-0.1, -0.05) is 20.8 Å². The van der Waals surface area contributed by atoms with Crippen molar-refractivity contribution < 1.29 is 14.7 Å². The Morgan fingerprint density at radius 2 is 1.72 bits per heavy atom. The molecule has 18 heavy (non-hydrogen) atoms. The third-order valence-electron chi connectivity index (χ3n) is 4.27. The molecule has 3 nitrogen and oxygen atoms in total. The third-order valence-corrected chi connectivity index (χ3v) is 4.27. The third kappa shape index (κ3) is 1.73. The topological polar surface area (TPSA) is 54.4 Å². The summed E-state index contributed by atoms with van der Waals surface area (Å²) in [7, 11) is 0. The predicted molar refractivity (Wildman–Crippen MR) is 69.1 cm³/mol. The van der Waals surface area contributed by atoms with E-state index in [2.05, 4.69) is 13.8 Å². The van der Waals surface area contributed by atoms with Crippen LogP contribution >= 0.6 is 0 Å². The lowest BCUT2D eigenvalue weighted by Crippen LogP contribution is -2.34. The van der Waals surface area contributed by atoms with E-state index in [9.17, 15) is 14.7 Å². The van der Waals surface area contributed by atoms with Crippen LogP contribution in [0.25, 0.3) is 0 Å². The first-order chi connectivity index (χ1) is 8.36. The molecule has 0 bridgehead atoms. The summed E-state index contributed by atoms with van der Waals surface area (Å²) in [5.41, 5.74) is 1.51. The highest BCUT2D eigenvalue weighted by Gasteiger charge is 2.41. The van der Waals surface area contributed by atoms with Crippen molar-refractivity contribution in [2.45, 2.75) is 40.5 Å². The van der Waals surface area contributed by atoms with E-state index in [0.29, 0.717) is 11.5 Å². The number of ketones is 2. The van der Waals surface area contributed by atoms with Gasteiger partial charge in [0.15, 0.2) is 0 Å². The Balaban J connectivity index is 2.65. The molecule has 3 heteroatoms. The molecule has 0 spiro atoms. The number of allylic oxidation sites excluding steroid dienone is 3. The number of carbonyl (C=O) groups is 2. The van der Waals surface area contributed by atoms with Crippen molar-refractivity contribution >= 4 is 11.6 Å². The summed E-state index contributed by atoms with van der Waals surface area (Å²) in [6.45, 7) is 7.69. The van der Waals surface area contributed by atoms with Gasteiger partial charge in [0, 0.05) is 16.7 Å². The molecule has 0 unspecified atom stereocenters. The molecule has 2 rings (SSSR count). The van der Waals surface area contributed by atoms with E-state index in [1.54, 1.807) is 0 Å². The van der Waals surface area contributed by atoms with Gasteiger partial charge in [-0.15, -0.1) is 0 Å². The molecule has 2 atom stereocenters. The van der Waals surface area contributed by atoms with E-state index in [1.165, 1.54) is 6.92 Å². The van der Waals surface area contributed by atoms with E-state index in [1.807, 2.05) is 6.92 Å². The molecule has 2 aliphatic rings. The number of hydrogen-bond acceptors (Lipinski definition) is 3. The van der Waals surface area contributed by atoms with E-state index < -0.39 is 11.6 Å². The highest BCUT2D eigenvalue weighted by molar-refractivity contribution is 6.50. The molecule has 0 aromatic carbocycles. The van der Waals surface area contributed by atoms with Gasteiger partial charge in [-0.3, -0.25) is 9.59 Å². The van der Waals surface area contributed by atoms with Crippen LogP contribution in [0.5, 0.6) is 0 Å². The molecular formula is C15H20O3. The monoisotopic (exact) mass is 248 g/mol. The molecule has 0 saturated heterocycles. The largest absolute Gasteiger partial charge is 0.507 e. The molecule has 0 radical (unpaired) electrons. The molecule has 0 aliphatic heterocycles. The molecule has 0 saturated carbocycles. The maximum absolute atomic E-state index is 12.1. The van der Waals surface area contributed by atoms with Crippen molar-refractivity contribution in [3.8, 4) is 0 Å². The molecule has 98 valence electrons. The standard InChI is InChI=1S/C15H20O3/c1-7(2)10-6-5-8(3)11-12(10)13(16)9(4)14(17)15(11)18/h7-8,10,16H,5-6H2,1-4H3/t8-,10-/m1/s1. The van der Waals surface area contributed by atoms with E-state index in [4.69, 9.17) is 0 Å². The lowest BCUT2D eigenvalue weighted by molar-refractivity contribution is -0.133. The van der Waals surface area contributed by atoms with Crippen LogP contribution in [0.2, 0.25) is 0 Å². The van der Waals surface area contributed by atoms with Gasteiger partial charge < -0.3 is 5.11 Å². The van der Waals surface area contributed by atoms with Crippen molar-refractivity contribution in [2.75, 3.05) is 0 Å². The highest BCUT2D eigenvalue weighted by atomic mass is 16.3. The van der Waals surface area contributed by atoms with Crippen LogP contribution in [-0.2, 0) is 9.59 Å². The van der Waals surface area contributed by atoms with Crippen molar-refractivity contribution in [3.05, 3.63) is 22.5 Å². The molecule has 0 aromatic heterocycles. The Morgan fingerprint density at radius 3 is 2.28 bits per heavy atom. The first kappa shape index (κ1) is 13.1. The second-order valence-electron chi connectivity index (χ2n) is 5.79. The summed E-state index contributed by atoms with van der Waals surface area (Å²) >= 11 is 0. The van der Waals surface area contributed by atoms with Gasteiger partial charge in [-0.2, -0.15) is 0 Å². The van der Waals surface area contributed by atoms with Crippen LogP contribution in [0.1, 0.15) is 40.5 Å². The summed E-state index contributed by atoms with van der Waals surface area (Å²) in [6.07, 6.45) is 1.88. The van der Waals surface area contributed by atoms with Gasteiger partial charge in [-0.25, -0.2) is 0 Å². The Morgan fingerprint density at radius 1 is 1.11 bits per heavy atom. The molecule has 0 aromatic rings. The molecule has 0 fully saturated rings. The summed E-state index contributed by atoms with van der Waals surface area (Å²) in [4.78, 5) is 24.0. The van der Waals surface area contributed by atoms with E-state index in [-0.39, 0.29) is 23.2 Å². The lowest BCUT2D eigenvalue weighted by atomic mass is 9.68. The molecule has 2 aliphatic carbocycles. The maximum Gasteiger partial charge on any atom is 0.232 e. The van der Waals surface area contributed by atoms with Crippen molar-refractivity contribution in [3.63, 3.8) is 0 Å². The zero-order valence-electron chi connectivity index (χ0n) is 11.4. The fraction of sp³-hybridized carbons (Fsp3) is 0.600. The average Bonchev–Trinajstić information content (AvgIpc) is 2.32. The van der Waals surface area contributed by atoms with Crippen LogP contribution < -0.4 is 0 Å². The summed E-state index contributed by atoms with van der Waals surface area (Å²) < 4.78 is 0. The predicted octanol–water partition coefficient (Wildman–Crippen LogP) is 2.97. The van der Waals surface area contributed by atoms with Crippen LogP contribution in [0, 0.1) is 17.8 Å². The molecule has 0 heterocycles. The fourth-order valence-corrected chi connectivity index (χ4v) is 3.10. The Kier molecular flexibility index (Phi) is 3.18. The highest BCUT2D eigenvalue weighted by Crippen LogP contribution is 2.44. The smallest absolute Gasteiger partial charge is 0.232 e. The minimum absolute atomic E-state index is 0.0554. The van der Waals surface area contributed by atoms with Gasteiger partial charge in [0.25, 0.3) is 0 Å². The Hall–Kier alpha value is -1.38. The van der Waals surface area contributed by atoms with Crippen molar-refractivity contribution in [1.82, 2.24) is 0 Å². The van der Waals surface area contributed by atoms with Gasteiger partial charge >= 0.3 is 0 Å². The number of carbonyl (C=O) groups excluding carboxylic acids is 2. The van der Waals surface area contributed by atoms with Gasteiger partial charge in [0.1, 0.15) is 5.76 Å². The minimum atomic E-state index is -0.539. The minimum Gasteiger partial charge on any atom is -0.507 e. The van der Waals surface area contributed by atoms with E-state index in [0.717, 1.165) is 18.4 Å². The zero-order chi connectivity index (χ0) is 13.6. The Labute approximate surface area is 108 Å². The number of hydrogen-bond donors (Lipinski definition) is 1. The first-order valence-electron chi connectivity index (χ1n) is 6.59. The lowest BCUT2D eigenvalue weighted by Gasteiger charge is -2.36. The van der Waals surface area contributed by atoms with Crippen LogP contribution in [0.3, 0.4) is 0 Å². The second kappa shape index (κ2) is 4.38. The number of aliphatic hydroxyl groups is 1. The fourth-order valence-electron chi connectivity index (χ4n) is 3.10. The van der Waals surface area contributed by atoms with Crippen molar-refractivity contribution in [2.24, 2.45) is 17.8 Å². The van der Waals surface area contributed by atoms with Crippen LogP contribution in [0.15, 0.2) is 22.5 Å². The summed E-state index contributed by atoms with van der Waals surface area (Å²) in [5.74, 6) is -0.274. The normalized spacial score (nSPS) is 29.2. The van der Waals surface area contributed by atoms with Gasteiger partial charge in [-0.05, 0) is 37.5 Å². The zero-order valence-corrected chi connectivity index (χ0v) is 11.4. The van der Waals surface area contributed by atoms with Crippen molar-refractivity contribution in [1.29, 1.82) is 0 Å². The quantitative estimate of drug-likeness (QED) is 0.573. The molecule has 0 amide bonds. The average molecular weight is 248 g/mol. The molecule has 1 N–H and O–H groups in total. The summed E-state index contributed by atoms with van der Waals surface area (Å²) in [6, 6.07) is 0. The summed E-state index contributed by atoms with van der Waals surface area (Å²) in [5, 5.41) is 10.2. The van der Waals surface area contributed by atoms with Crippen LogP contribution in [-0.4, -0.2) is 16.7 Å². The van der Waals surface area contributed by atoms with Gasteiger partial charge in [0.05, 0.1) is 0 Å². The molecular weight excluding hydrogens is 228 g/mol. The Bertz CT molecular complexity index is 480. The maximum atomic E-state index is 12.1. The number of Topliss-reactive ketones (excluding diaryl/α,β-unsaturated/α-hetero) is 2. The first-order valence-corrected chi connectivity index (χ1v) is 6.59. The van der Waals surface area contributed by atoms with Crippen LogP contribution in [0.4, 0.5) is 0 Å². The van der Waals surface area contributed by atoms with E-state index >= 15 is 0 Å². The SMILES string of the molecule is CC1=C(O)C2=C(C(=O)C1=O)[C@H](C)CC[C@@H]2C(C)C. The second-order valence-corrected chi connectivity index (χ2v) is 5.79. The number of aliphatic hydroxyl groups excluding tert-OH is 1.